The van der Waals surface area contributed by atoms with E-state index in [0.29, 0.717) is 23.0 Å². The van der Waals surface area contributed by atoms with Crippen molar-refractivity contribution in [1.82, 2.24) is 4.57 Å². The van der Waals surface area contributed by atoms with Crippen LogP contribution in [0.25, 0.3) is 33.2 Å². The molecule has 0 fully saturated rings. The number of carboxylic acids is 1. The fourth-order valence-electron chi connectivity index (χ4n) is 4.98. The lowest BCUT2D eigenvalue weighted by molar-refractivity contribution is -0.384. The molecule has 0 unspecified atom stereocenters. The molecule has 1 aliphatic rings. The number of halogens is 1. The lowest BCUT2D eigenvalue weighted by atomic mass is 9.86. The summed E-state index contributed by atoms with van der Waals surface area (Å²) >= 11 is 6.25. The number of aromatic nitrogens is 1. The number of aryl methyl sites for hydroxylation is 3. The van der Waals surface area contributed by atoms with Crippen molar-refractivity contribution in [3.8, 4) is 22.3 Å². The molecule has 34 heavy (non-hydrogen) atoms. The van der Waals surface area contributed by atoms with Crippen molar-refractivity contribution in [1.29, 1.82) is 0 Å². The topological polar surface area (TPSA) is 102 Å². The highest BCUT2D eigenvalue weighted by Crippen LogP contribution is 2.46. The molecule has 2 heterocycles. The van der Waals surface area contributed by atoms with E-state index in [0.717, 1.165) is 24.0 Å². The first-order valence-corrected chi connectivity index (χ1v) is 11.1. The number of nitro groups is 1. The third kappa shape index (κ3) is 3.28. The van der Waals surface area contributed by atoms with Crippen LogP contribution in [0.1, 0.15) is 27.9 Å². The normalized spacial score (nSPS) is 12.6. The molecule has 1 aromatic heterocycles. The summed E-state index contributed by atoms with van der Waals surface area (Å²) in [7, 11) is 0. The van der Waals surface area contributed by atoms with Gasteiger partial charge in [0.25, 0.3) is 11.2 Å². The molecule has 0 saturated carbocycles. The molecule has 3 aromatic carbocycles. The van der Waals surface area contributed by atoms with E-state index in [4.69, 9.17) is 11.6 Å². The fourth-order valence-corrected chi connectivity index (χ4v) is 5.21. The highest BCUT2D eigenvalue weighted by Gasteiger charge is 2.32. The largest absolute Gasteiger partial charge is 0.478 e. The molecule has 0 spiro atoms. The average Bonchev–Trinajstić information content (AvgIpc) is 2.80. The number of hydrogen-bond acceptors (Lipinski definition) is 4. The Morgan fingerprint density at radius 2 is 1.82 bits per heavy atom. The number of carbonyl (C=O) groups is 1. The Labute approximate surface area is 199 Å². The van der Waals surface area contributed by atoms with Gasteiger partial charge < -0.3 is 9.67 Å². The third-order valence-electron chi connectivity index (χ3n) is 6.26. The van der Waals surface area contributed by atoms with E-state index in [9.17, 15) is 24.8 Å². The van der Waals surface area contributed by atoms with Crippen molar-refractivity contribution in [3.05, 3.63) is 96.8 Å². The van der Waals surface area contributed by atoms with Crippen LogP contribution in [0.15, 0.2) is 59.4 Å². The molecule has 0 bridgehead atoms. The van der Waals surface area contributed by atoms with Gasteiger partial charge in [0.2, 0.25) is 0 Å². The lowest BCUT2D eigenvalue weighted by Crippen LogP contribution is -2.27. The van der Waals surface area contributed by atoms with Gasteiger partial charge in [0.1, 0.15) is 5.02 Å². The predicted molar refractivity (Wildman–Crippen MR) is 131 cm³/mol. The van der Waals surface area contributed by atoms with Gasteiger partial charge in [-0.15, -0.1) is 0 Å². The van der Waals surface area contributed by atoms with Crippen molar-refractivity contribution in [2.24, 2.45) is 0 Å². The highest BCUT2D eigenvalue weighted by atomic mass is 35.5. The van der Waals surface area contributed by atoms with Crippen LogP contribution in [0.5, 0.6) is 0 Å². The van der Waals surface area contributed by atoms with Gasteiger partial charge in [0.15, 0.2) is 0 Å². The Balaban J connectivity index is 2.12. The summed E-state index contributed by atoms with van der Waals surface area (Å²) in [6.45, 7) is 2.42. The summed E-state index contributed by atoms with van der Waals surface area (Å²) in [5, 5.41) is 22.6. The second kappa shape index (κ2) is 8.11. The number of carboxylic acid groups (broad SMARTS) is 1. The van der Waals surface area contributed by atoms with E-state index in [-0.39, 0.29) is 32.8 Å². The van der Waals surface area contributed by atoms with Gasteiger partial charge in [0, 0.05) is 17.5 Å². The summed E-state index contributed by atoms with van der Waals surface area (Å²) in [5.74, 6) is -1.34. The van der Waals surface area contributed by atoms with Gasteiger partial charge in [-0.05, 0) is 49.1 Å². The number of hydrogen-bond donors (Lipinski definition) is 1. The SMILES string of the molecule is Cc1cc2c3c(c1)c(-c1c(C(=O)O)ccc(Cl)c1[N+](=O)[O-])c(-c1ccccc1)c(=O)n3CCC2. The second-order valence-corrected chi connectivity index (χ2v) is 8.78. The minimum absolute atomic E-state index is 0.157. The zero-order valence-corrected chi connectivity index (χ0v) is 18.9. The molecule has 0 amide bonds. The van der Waals surface area contributed by atoms with Crippen LogP contribution in [-0.4, -0.2) is 20.6 Å². The first-order valence-electron chi connectivity index (χ1n) is 10.8. The number of pyridine rings is 1. The minimum atomic E-state index is -1.34. The molecule has 0 aliphatic carbocycles. The molecule has 0 atom stereocenters. The van der Waals surface area contributed by atoms with Gasteiger partial charge >= 0.3 is 5.97 Å². The quantitative estimate of drug-likeness (QED) is 0.295. The minimum Gasteiger partial charge on any atom is -0.478 e. The molecule has 0 saturated heterocycles. The monoisotopic (exact) mass is 474 g/mol. The van der Waals surface area contributed by atoms with Crippen LogP contribution < -0.4 is 5.56 Å². The average molecular weight is 475 g/mol. The smallest absolute Gasteiger partial charge is 0.336 e. The molecular weight excluding hydrogens is 456 g/mol. The van der Waals surface area contributed by atoms with Gasteiger partial charge in [-0.1, -0.05) is 53.6 Å². The Morgan fingerprint density at radius 1 is 1.09 bits per heavy atom. The van der Waals surface area contributed by atoms with Crippen LogP contribution in [0.2, 0.25) is 5.02 Å². The van der Waals surface area contributed by atoms with Crippen LogP contribution in [0.4, 0.5) is 5.69 Å². The lowest BCUT2D eigenvalue weighted by Gasteiger charge is -2.25. The first-order chi connectivity index (χ1) is 16.3. The van der Waals surface area contributed by atoms with E-state index < -0.39 is 16.6 Å². The predicted octanol–water partition coefficient (Wildman–Crippen LogP) is 5.85. The molecular formula is C26H19ClN2O5. The number of benzene rings is 3. The maximum Gasteiger partial charge on any atom is 0.336 e. The van der Waals surface area contributed by atoms with Gasteiger partial charge in [-0.25, -0.2) is 4.79 Å². The van der Waals surface area contributed by atoms with Crippen molar-refractivity contribution in [2.45, 2.75) is 26.3 Å². The summed E-state index contributed by atoms with van der Waals surface area (Å²) in [6.07, 6.45) is 1.54. The summed E-state index contributed by atoms with van der Waals surface area (Å²) < 4.78 is 1.70. The highest BCUT2D eigenvalue weighted by molar-refractivity contribution is 6.34. The molecule has 1 aliphatic heterocycles. The van der Waals surface area contributed by atoms with Crippen molar-refractivity contribution in [3.63, 3.8) is 0 Å². The number of nitrogens with zero attached hydrogens (tertiary/aromatic N) is 2. The van der Waals surface area contributed by atoms with E-state index in [1.807, 2.05) is 19.1 Å². The van der Waals surface area contributed by atoms with Crippen molar-refractivity contribution < 1.29 is 14.8 Å². The van der Waals surface area contributed by atoms with Crippen LogP contribution in [-0.2, 0) is 13.0 Å². The zero-order valence-electron chi connectivity index (χ0n) is 18.2. The first kappa shape index (κ1) is 21.9. The summed E-state index contributed by atoms with van der Waals surface area (Å²) in [4.78, 5) is 37.7. The molecule has 170 valence electrons. The van der Waals surface area contributed by atoms with Gasteiger partial charge in [-0.3, -0.25) is 14.9 Å². The van der Waals surface area contributed by atoms with Crippen LogP contribution >= 0.6 is 11.6 Å². The number of rotatable bonds is 4. The number of nitro benzene ring substituents is 1. The zero-order chi connectivity index (χ0) is 24.1. The van der Waals surface area contributed by atoms with Crippen molar-refractivity contribution in [2.75, 3.05) is 0 Å². The Hall–Kier alpha value is -3.97. The van der Waals surface area contributed by atoms with Gasteiger partial charge in [0.05, 0.1) is 27.1 Å². The van der Waals surface area contributed by atoms with Crippen LogP contribution in [0, 0.1) is 17.0 Å². The molecule has 4 aromatic rings. The number of aromatic carboxylic acids is 1. The maximum atomic E-state index is 13.9. The van der Waals surface area contributed by atoms with E-state index in [1.165, 1.54) is 12.1 Å². The Morgan fingerprint density at radius 3 is 2.50 bits per heavy atom. The summed E-state index contributed by atoms with van der Waals surface area (Å²) in [5.41, 5.74) is 2.26. The molecule has 8 heteroatoms. The van der Waals surface area contributed by atoms with E-state index in [1.54, 1.807) is 34.9 Å². The third-order valence-corrected chi connectivity index (χ3v) is 6.57. The maximum absolute atomic E-state index is 13.9. The fraction of sp³-hybridized carbons (Fsp3) is 0.154. The van der Waals surface area contributed by atoms with E-state index >= 15 is 0 Å². The van der Waals surface area contributed by atoms with Crippen molar-refractivity contribution >= 4 is 34.2 Å². The second-order valence-electron chi connectivity index (χ2n) is 8.38. The molecule has 0 radical (unpaired) electrons. The summed E-state index contributed by atoms with van der Waals surface area (Å²) in [6, 6.07) is 15.2. The molecule has 1 N–H and O–H groups in total. The van der Waals surface area contributed by atoms with Crippen LogP contribution in [0.3, 0.4) is 0 Å². The Bertz CT molecular complexity index is 1570. The van der Waals surface area contributed by atoms with Gasteiger partial charge in [-0.2, -0.15) is 0 Å². The van der Waals surface area contributed by atoms with E-state index in [2.05, 4.69) is 0 Å². The molecule has 5 rings (SSSR count). The Kier molecular flexibility index (Phi) is 5.21. The standard InChI is InChI=1S/C26H19ClN2O5/c1-14-12-16-8-5-11-28-23(16)18(13-14)21(20(25(28)30)15-6-3-2-4-7-15)22-17(26(31)32)9-10-19(27)24(22)29(33)34/h2-4,6-7,9-10,12-13H,5,8,11H2,1H3,(H,31,32). The molecule has 7 nitrogen and oxygen atoms in total.